The fourth-order valence-corrected chi connectivity index (χ4v) is 2.16. The summed E-state index contributed by atoms with van der Waals surface area (Å²) in [4.78, 5) is 11.5. The average Bonchev–Trinajstić information content (AvgIpc) is 2.79. The van der Waals surface area contributed by atoms with Crippen molar-refractivity contribution in [1.82, 2.24) is 5.32 Å². The molecule has 1 aromatic heterocycles. The molecule has 0 spiro atoms. The van der Waals surface area contributed by atoms with Crippen molar-refractivity contribution in [3.8, 4) is 0 Å². The van der Waals surface area contributed by atoms with Gasteiger partial charge in [0.15, 0.2) is 0 Å². The predicted molar refractivity (Wildman–Crippen MR) is 71.6 cm³/mol. The molecule has 2 amide bonds. The Morgan fingerprint density at radius 3 is 2.88 bits per heavy atom. The maximum Gasteiger partial charge on any atom is 0.320 e. The zero-order valence-electron chi connectivity index (χ0n) is 8.94. The minimum atomic E-state index is -0.215. The second-order valence-electron chi connectivity index (χ2n) is 3.41. The van der Waals surface area contributed by atoms with Gasteiger partial charge in [0.1, 0.15) is 0 Å². The molecule has 88 valence electrons. The molecule has 0 unspecified atom stereocenters. The van der Waals surface area contributed by atoms with Gasteiger partial charge < -0.3 is 5.32 Å². The number of rotatable bonds is 3. The highest BCUT2D eigenvalue weighted by Crippen LogP contribution is 2.14. The van der Waals surface area contributed by atoms with Crippen LogP contribution >= 0.6 is 22.9 Å². The van der Waals surface area contributed by atoms with Gasteiger partial charge in [-0.2, -0.15) is 0 Å². The highest BCUT2D eigenvalue weighted by Gasteiger charge is 2.02. The molecule has 2 N–H and O–H groups in total. The van der Waals surface area contributed by atoms with Gasteiger partial charge in [0.25, 0.3) is 0 Å². The third-order valence-electron chi connectivity index (χ3n) is 2.10. The van der Waals surface area contributed by atoms with Crippen molar-refractivity contribution >= 4 is 34.0 Å². The Bertz CT molecular complexity index is 499. The molecule has 0 aliphatic rings. The van der Waals surface area contributed by atoms with Gasteiger partial charge in [0.05, 0.1) is 5.00 Å². The molecule has 1 heterocycles. The van der Waals surface area contributed by atoms with Crippen LogP contribution in [0.1, 0.15) is 5.56 Å². The monoisotopic (exact) mass is 266 g/mol. The molecule has 0 saturated heterocycles. The van der Waals surface area contributed by atoms with E-state index in [9.17, 15) is 4.79 Å². The van der Waals surface area contributed by atoms with E-state index in [0.29, 0.717) is 11.6 Å². The van der Waals surface area contributed by atoms with Crippen LogP contribution in [0.5, 0.6) is 0 Å². The zero-order chi connectivity index (χ0) is 12.1. The van der Waals surface area contributed by atoms with Crippen LogP contribution in [0.4, 0.5) is 9.80 Å². The first-order valence-electron chi connectivity index (χ1n) is 5.07. The molecular weight excluding hydrogens is 256 g/mol. The second-order valence-corrected chi connectivity index (χ2v) is 4.80. The van der Waals surface area contributed by atoms with Crippen molar-refractivity contribution in [3.63, 3.8) is 0 Å². The number of thiophene rings is 1. The predicted octanol–water partition coefficient (Wildman–Crippen LogP) is 3.72. The van der Waals surface area contributed by atoms with Crippen LogP contribution in [0.3, 0.4) is 0 Å². The van der Waals surface area contributed by atoms with Gasteiger partial charge in [0.2, 0.25) is 0 Å². The Hall–Kier alpha value is -1.52. The molecule has 2 aromatic rings. The number of amides is 2. The third kappa shape index (κ3) is 3.76. The molecule has 1 aromatic carbocycles. The molecule has 0 bridgehead atoms. The molecule has 2 rings (SSSR count). The van der Waals surface area contributed by atoms with E-state index in [0.717, 1.165) is 10.6 Å². The summed E-state index contributed by atoms with van der Waals surface area (Å²) in [5, 5.41) is 8.91. The lowest BCUT2D eigenvalue weighted by atomic mass is 10.2. The van der Waals surface area contributed by atoms with E-state index in [1.165, 1.54) is 11.3 Å². The second kappa shape index (κ2) is 5.70. The molecule has 17 heavy (non-hydrogen) atoms. The Morgan fingerprint density at radius 1 is 1.29 bits per heavy atom. The Balaban J connectivity index is 1.84. The number of anilines is 1. The Morgan fingerprint density at radius 2 is 2.18 bits per heavy atom. The van der Waals surface area contributed by atoms with Crippen LogP contribution in [-0.2, 0) is 6.54 Å². The van der Waals surface area contributed by atoms with Crippen LogP contribution in [-0.4, -0.2) is 6.03 Å². The molecule has 0 saturated carbocycles. The first-order chi connectivity index (χ1) is 8.24. The summed E-state index contributed by atoms with van der Waals surface area (Å²) in [6.45, 7) is 0.456. The van der Waals surface area contributed by atoms with Gasteiger partial charge in [-0.25, -0.2) is 4.79 Å². The minimum Gasteiger partial charge on any atom is -0.334 e. The molecule has 0 aliphatic carbocycles. The first-order valence-corrected chi connectivity index (χ1v) is 6.32. The highest BCUT2D eigenvalue weighted by molar-refractivity contribution is 7.14. The number of hydrogen-bond acceptors (Lipinski definition) is 2. The van der Waals surface area contributed by atoms with E-state index >= 15 is 0 Å². The summed E-state index contributed by atoms with van der Waals surface area (Å²) >= 11 is 7.33. The molecule has 0 radical (unpaired) electrons. The number of urea groups is 1. The number of hydrogen-bond donors (Lipinski definition) is 2. The number of carbonyl (C=O) groups excluding carboxylic acids is 1. The number of halogens is 1. The maximum absolute atomic E-state index is 11.5. The minimum absolute atomic E-state index is 0.215. The van der Waals surface area contributed by atoms with Gasteiger partial charge in [-0.3, -0.25) is 5.32 Å². The van der Waals surface area contributed by atoms with Crippen LogP contribution in [0.15, 0.2) is 41.8 Å². The van der Waals surface area contributed by atoms with Crippen molar-refractivity contribution in [2.75, 3.05) is 5.32 Å². The van der Waals surface area contributed by atoms with Crippen LogP contribution < -0.4 is 10.6 Å². The smallest absolute Gasteiger partial charge is 0.320 e. The quantitative estimate of drug-likeness (QED) is 0.873. The molecule has 3 nitrogen and oxygen atoms in total. The third-order valence-corrected chi connectivity index (χ3v) is 3.12. The van der Waals surface area contributed by atoms with E-state index in [4.69, 9.17) is 11.6 Å². The molecule has 0 fully saturated rings. The van der Waals surface area contributed by atoms with Crippen molar-refractivity contribution in [1.29, 1.82) is 0 Å². The van der Waals surface area contributed by atoms with Crippen molar-refractivity contribution in [2.45, 2.75) is 6.54 Å². The number of carbonyl (C=O) groups is 1. The van der Waals surface area contributed by atoms with Gasteiger partial charge >= 0.3 is 6.03 Å². The highest BCUT2D eigenvalue weighted by atomic mass is 35.5. The normalized spacial score (nSPS) is 9.94. The summed E-state index contributed by atoms with van der Waals surface area (Å²) in [6.07, 6.45) is 0. The molecule has 5 heteroatoms. The summed E-state index contributed by atoms with van der Waals surface area (Å²) in [6, 6.07) is 10.9. The average molecular weight is 267 g/mol. The largest absolute Gasteiger partial charge is 0.334 e. The fraction of sp³-hybridized carbons (Fsp3) is 0.0833. The van der Waals surface area contributed by atoms with Crippen LogP contribution in [0.25, 0.3) is 0 Å². The first kappa shape index (κ1) is 12.0. The van der Waals surface area contributed by atoms with E-state index in [-0.39, 0.29) is 6.03 Å². The van der Waals surface area contributed by atoms with E-state index in [1.54, 1.807) is 6.07 Å². The lowest BCUT2D eigenvalue weighted by Gasteiger charge is -2.06. The molecule has 0 aliphatic heterocycles. The molecular formula is C12H11ClN2OS. The van der Waals surface area contributed by atoms with Gasteiger partial charge in [0, 0.05) is 11.6 Å². The summed E-state index contributed by atoms with van der Waals surface area (Å²) < 4.78 is 0. The van der Waals surface area contributed by atoms with Gasteiger partial charge in [-0.05, 0) is 35.2 Å². The van der Waals surface area contributed by atoms with Crippen molar-refractivity contribution in [3.05, 3.63) is 52.4 Å². The van der Waals surface area contributed by atoms with Crippen molar-refractivity contribution < 1.29 is 4.79 Å². The van der Waals surface area contributed by atoms with E-state index in [1.807, 2.05) is 35.7 Å². The Labute approximate surface area is 108 Å². The van der Waals surface area contributed by atoms with E-state index in [2.05, 4.69) is 10.6 Å². The van der Waals surface area contributed by atoms with Gasteiger partial charge in [-0.15, -0.1) is 11.3 Å². The van der Waals surface area contributed by atoms with Crippen LogP contribution in [0, 0.1) is 0 Å². The fourth-order valence-electron chi connectivity index (χ4n) is 1.34. The summed E-state index contributed by atoms with van der Waals surface area (Å²) in [7, 11) is 0. The topological polar surface area (TPSA) is 41.1 Å². The van der Waals surface area contributed by atoms with Crippen LogP contribution in [0.2, 0.25) is 5.02 Å². The number of benzene rings is 1. The van der Waals surface area contributed by atoms with Crippen molar-refractivity contribution in [2.24, 2.45) is 0 Å². The Kier molecular flexibility index (Phi) is 4.01. The van der Waals surface area contributed by atoms with Gasteiger partial charge in [-0.1, -0.05) is 23.7 Å². The lowest BCUT2D eigenvalue weighted by molar-refractivity contribution is 0.252. The zero-order valence-corrected chi connectivity index (χ0v) is 10.5. The standard InChI is InChI=1S/C12H11ClN2OS/c13-10-4-1-3-9(7-10)8-14-12(16)15-11-5-2-6-17-11/h1-7H,8H2,(H2,14,15,16). The summed E-state index contributed by atoms with van der Waals surface area (Å²) in [5.41, 5.74) is 0.971. The van der Waals surface area contributed by atoms with E-state index < -0.39 is 0 Å². The summed E-state index contributed by atoms with van der Waals surface area (Å²) in [5.74, 6) is 0. The lowest BCUT2D eigenvalue weighted by Crippen LogP contribution is -2.27. The SMILES string of the molecule is O=C(NCc1cccc(Cl)c1)Nc1cccs1. The molecule has 0 atom stereocenters. The maximum atomic E-state index is 11.5. The number of nitrogens with one attached hydrogen (secondary N) is 2.